The van der Waals surface area contributed by atoms with E-state index in [-0.39, 0.29) is 27.2 Å². The molecule has 21 heavy (non-hydrogen) atoms. The van der Waals surface area contributed by atoms with Crippen molar-refractivity contribution in [1.82, 2.24) is 0 Å². The summed E-state index contributed by atoms with van der Waals surface area (Å²) in [5, 5.41) is 12.0. The fourth-order valence-electron chi connectivity index (χ4n) is 2.29. The van der Waals surface area contributed by atoms with Crippen LogP contribution in [0.1, 0.15) is 29.6 Å². The first kappa shape index (κ1) is 16.5. The molecule has 4 nitrogen and oxygen atoms in total. The molecular weight excluding hydrogens is 333 g/mol. The van der Waals surface area contributed by atoms with E-state index in [9.17, 15) is 14.7 Å². The maximum absolute atomic E-state index is 12.1. The van der Waals surface area contributed by atoms with Crippen LogP contribution in [0.3, 0.4) is 0 Å². The first-order valence-electron chi connectivity index (χ1n) is 6.58. The van der Waals surface area contributed by atoms with Gasteiger partial charge in [0.25, 0.3) is 0 Å². The minimum Gasteiger partial charge on any atom is -0.478 e. The SMILES string of the molecule is O=C(CC1CCSCC1)Nc1c(Cl)ccc(Cl)c1C(=O)O. The topological polar surface area (TPSA) is 66.4 Å². The Kier molecular flexibility index (Phi) is 5.79. The molecule has 1 saturated heterocycles. The number of hydrogen-bond donors (Lipinski definition) is 2. The highest BCUT2D eigenvalue weighted by Gasteiger charge is 2.22. The molecule has 0 unspecified atom stereocenters. The van der Waals surface area contributed by atoms with Crippen molar-refractivity contribution in [3.63, 3.8) is 0 Å². The second-order valence-electron chi connectivity index (χ2n) is 4.89. The minimum absolute atomic E-state index is 0.0521. The predicted octanol–water partition coefficient (Wildman–Crippen LogP) is 4.16. The zero-order chi connectivity index (χ0) is 15.4. The van der Waals surface area contributed by atoms with E-state index < -0.39 is 5.97 Å². The van der Waals surface area contributed by atoms with Crippen molar-refractivity contribution >= 4 is 52.5 Å². The molecule has 1 aromatic rings. The van der Waals surface area contributed by atoms with E-state index in [4.69, 9.17) is 23.2 Å². The number of amides is 1. The third-order valence-corrected chi connectivity index (χ3v) is 5.08. The van der Waals surface area contributed by atoms with Crippen molar-refractivity contribution in [3.8, 4) is 0 Å². The van der Waals surface area contributed by atoms with Gasteiger partial charge in [0.15, 0.2) is 0 Å². The highest BCUT2D eigenvalue weighted by Crippen LogP contribution is 2.33. The largest absolute Gasteiger partial charge is 0.478 e. The number of halogens is 2. The van der Waals surface area contributed by atoms with Gasteiger partial charge in [0.1, 0.15) is 5.56 Å². The Morgan fingerprint density at radius 3 is 2.48 bits per heavy atom. The highest BCUT2D eigenvalue weighted by molar-refractivity contribution is 7.99. The van der Waals surface area contributed by atoms with Gasteiger partial charge in [-0.25, -0.2) is 4.79 Å². The number of nitrogens with one attached hydrogen (secondary N) is 1. The Morgan fingerprint density at radius 2 is 1.86 bits per heavy atom. The fourth-order valence-corrected chi connectivity index (χ4v) is 3.93. The molecule has 0 radical (unpaired) electrons. The molecule has 0 spiro atoms. The number of rotatable bonds is 4. The second-order valence-corrected chi connectivity index (χ2v) is 6.93. The van der Waals surface area contributed by atoms with Crippen LogP contribution in [0.2, 0.25) is 10.0 Å². The number of carbonyl (C=O) groups excluding carboxylic acids is 1. The van der Waals surface area contributed by atoms with Crippen LogP contribution in [0.15, 0.2) is 12.1 Å². The molecule has 1 aromatic carbocycles. The summed E-state index contributed by atoms with van der Waals surface area (Å²) in [5.41, 5.74) is -0.0939. The van der Waals surface area contributed by atoms with Gasteiger partial charge >= 0.3 is 5.97 Å². The maximum atomic E-state index is 12.1. The number of carboxylic acids is 1. The number of benzene rings is 1. The van der Waals surface area contributed by atoms with Crippen molar-refractivity contribution in [2.75, 3.05) is 16.8 Å². The van der Waals surface area contributed by atoms with Gasteiger partial charge in [0.05, 0.1) is 15.7 Å². The van der Waals surface area contributed by atoms with Crippen LogP contribution in [0.25, 0.3) is 0 Å². The zero-order valence-corrected chi connectivity index (χ0v) is 13.5. The van der Waals surface area contributed by atoms with E-state index in [1.807, 2.05) is 11.8 Å². The Labute approximate surface area is 137 Å². The average molecular weight is 348 g/mol. The van der Waals surface area contributed by atoms with E-state index in [1.165, 1.54) is 12.1 Å². The Morgan fingerprint density at radius 1 is 1.24 bits per heavy atom. The van der Waals surface area contributed by atoms with Crippen molar-refractivity contribution in [2.24, 2.45) is 5.92 Å². The van der Waals surface area contributed by atoms with Crippen LogP contribution in [-0.2, 0) is 4.79 Å². The van der Waals surface area contributed by atoms with E-state index in [0.29, 0.717) is 12.3 Å². The molecule has 2 rings (SSSR count). The van der Waals surface area contributed by atoms with E-state index in [1.54, 1.807) is 0 Å². The molecule has 0 aliphatic carbocycles. The third kappa shape index (κ3) is 4.28. The lowest BCUT2D eigenvalue weighted by Crippen LogP contribution is -2.21. The Hall–Kier alpha value is -0.910. The highest BCUT2D eigenvalue weighted by atomic mass is 35.5. The van der Waals surface area contributed by atoms with Gasteiger partial charge in [-0.05, 0) is 42.4 Å². The lowest BCUT2D eigenvalue weighted by atomic mass is 9.98. The van der Waals surface area contributed by atoms with Crippen LogP contribution in [0.4, 0.5) is 5.69 Å². The number of anilines is 1. The van der Waals surface area contributed by atoms with Crippen molar-refractivity contribution < 1.29 is 14.7 Å². The standard InChI is InChI=1S/C14H15Cl2NO3S/c15-9-1-2-10(16)13(12(9)14(19)20)17-11(18)7-8-3-5-21-6-4-8/h1-2,8H,3-7H2,(H,17,18)(H,19,20). The molecular formula is C14H15Cl2NO3S. The van der Waals surface area contributed by atoms with Crippen LogP contribution in [0, 0.1) is 5.92 Å². The molecule has 1 aliphatic heterocycles. The summed E-state index contributed by atoms with van der Waals surface area (Å²) in [6, 6.07) is 2.88. The lowest BCUT2D eigenvalue weighted by molar-refractivity contribution is -0.117. The van der Waals surface area contributed by atoms with E-state index in [0.717, 1.165) is 24.3 Å². The van der Waals surface area contributed by atoms with Crippen LogP contribution in [0.5, 0.6) is 0 Å². The van der Waals surface area contributed by atoms with E-state index in [2.05, 4.69) is 5.32 Å². The van der Waals surface area contributed by atoms with Gasteiger partial charge in [-0.1, -0.05) is 23.2 Å². The summed E-state index contributed by atoms with van der Waals surface area (Å²) in [5.74, 6) is 1.04. The summed E-state index contributed by atoms with van der Waals surface area (Å²) < 4.78 is 0. The number of thioether (sulfide) groups is 1. The second kappa shape index (κ2) is 7.38. The van der Waals surface area contributed by atoms with Crippen molar-refractivity contribution in [2.45, 2.75) is 19.3 Å². The monoisotopic (exact) mass is 347 g/mol. The van der Waals surface area contributed by atoms with Gasteiger partial charge < -0.3 is 10.4 Å². The van der Waals surface area contributed by atoms with Gasteiger partial charge in [-0.2, -0.15) is 11.8 Å². The van der Waals surface area contributed by atoms with Crippen LogP contribution < -0.4 is 5.32 Å². The minimum atomic E-state index is -1.22. The zero-order valence-electron chi connectivity index (χ0n) is 11.2. The summed E-state index contributed by atoms with van der Waals surface area (Å²) >= 11 is 13.8. The average Bonchev–Trinajstić information content (AvgIpc) is 2.43. The number of carbonyl (C=O) groups is 2. The molecule has 1 fully saturated rings. The first-order valence-corrected chi connectivity index (χ1v) is 8.49. The quantitative estimate of drug-likeness (QED) is 0.857. The number of aromatic carboxylic acids is 1. The van der Waals surface area contributed by atoms with Gasteiger partial charge in [-0.3, -0.25) is 4.79 Å². The van der Waals surface area contributed by atoms with Crippen LogP contribution >= 0.6 is 35.0 Å². The van der Waals surface area contributed by atoms with Gasteiger partial charge in [0.2, 0.25) is 5.91 Å². The number of carboxylic acid groups (broad SMARTS) is 1. The van der Waals surface area contributed by atoms with Crippen molar-refractivity contribution in [3.05, 3.63) is 27.7 Å². The molecule has 0 atom stereocenters. The molecule has 2 N–H and O–H groups in total. The molecule has 0 bridgehead atoms. The molecule has 114 valence electrons. The Balaban J connectivity index is 2.13. The summed E-state index contributed by atoms with van der Waals surface area (Å²) in [7, 11) is 0. The summed E-state index contributed by atoms with van der Waals surface area (Å²) in [6.45, 7) is 0. The Bertz CT molecular complexity index is 559. The fraction of sp³-hybridized carbons (Fsp3) is 0.429. The molecule has 0 saturated carbocycles. The molecule has 7 heteroatoms. The first-order chi connectivity index (χ1) is 9.99. The predicted molar refractivity (Wildman–Crippen MR) is 86.7 cm³/mol. The maximum Gasteiger partial charge on any atom is 0.339 e. The molecule has 0 aromatic heterocycles. The van der Waals surface area contributed by atoms with Gasteiger partial charge in [0, 0.05) is 6.42 Å². The normalized spacial score (nSPS) is 15.7. The molecule has 1 amide bonds. The molecule has 1 heterocycles. The molecule has 1 aliphatic rings. The third-order valence-electron chi connectivity index (χ3n) is 3.40. The van der Waals surface area contributed by atoms with Gasteiger partial charge in [-0.15, -0.1) is 0 Å². The number of hydrogen-bond acceptors (Lipinski definition) is 3. The lowest BCUT2D eigenvalue weighted by Gasteiger charge is -2.21. The van der Waals surface area contributed by atoms with Crippen LogP contribution in [-0.4, -0.2) is 28.5 Å². The van der Waals surface area contributed by atoms with E-state index >= 15 is 0 Å². The summed E-state index contributed by atoms with van der Waals surface area (Å²) in [6.07, 6.45) is 2.39. The van der Waals surface area contributed by atoms with Crippen molar-refractivity contribution in [1.29, 1.82) is 0 Å². The summed E-state index contributed by atoms with van der Waals surface area (Å²) in [4.78, 5) is 23.4. The smallest absolute Gasteiger partial charge is 0.339 e.